The number of amides is 1. The van der Waals surface area contributed by atoms with Gasteiger partial charge in [-0.05, 0) is 42.8 Å². The second-order valence-electron chi connectivity index (χ2n) is 6.15. The van der Waals surface area contributed by atoms with E-state index in [1.165, 1.54) is 0 Å². The van der Waals surface area contributed by atoms with Crippen molar-refractivity contribution in [2.75, 3.05) is 16.8 Å². The van der Waals surface area contributed by atoms with Crippen LogP contribution < -0.4 is 10.6 Å². The second-order valence-corrected chi connectivity index (χ2v) is 9.44. The van der Waals surface area contributed by atoms with Gasteiger partial charge in [-0.1, -0.05) is 23.9 Å². The number of thioether (sulfide) groups is 1. The number of hydrogen-bond donors (Lipinski definition) is 2. The van der Waals surface area contributed by atoms with E-state index < -0.39 is 15.6 Å². The van der Waals surface area contributed by atoms with Crippen molar-refractivity contribution in [1.29, 1.82) is 0 Å². The Morgan fingerprint density at radius 2 is 1.81 bits per heavy atom. The van der Waals surface area contributed by atoms with Crippen LogP contribution in [0.1, 0.15) is 16.8 Å². The highest BCUT2D eigenvalue weighted by Gasteiger charge is 2.29. The van der Waals surface area contributed by atoms with Crippen molar-refractivity contribution >= 4 is 38.9 Å². The maximum Gasteiger partial charge on any atom is 0.288 e. The van der Waals surface area contributed by atoms with Gasteiger partial charge in [0.15, 0.2) is 9.84 Å². The summed E-state index contributed by atoms with van der Waals surface area (Å²) in [5.74, 6) is -2.80. The first kappa shape index (κ1) is 19.6. The summed E-state index contributed by atoms with van der Waals surface area (Å²) in [6.45, 7) is 0. The smallest absolute Gasteiger partial charge is 0.288 e. The molecule has 5 nitrogen and oxygen atoms in total. The Bertz CT molecular complexity index is 918. The van der Waals surface area contributed by atoms with Crippen LogP contribution in [-0.4, -0.2) is 37.6 Å². The standard InChI is InChI=1S/C18H18F2N2O3S2/c19-18(20)26-14-7-5-12(6-8-14)21-16-4-2-1-3-15(16)17(23)22-13-9-10-27(24,25)11-13/h1-8,13,18,21H,9-11H2,(H,22,23)/t13-/m1/s1. The van der Waals surface area contributed by atoms with Crippen LogP contribution in [0.4, 0.5) is 20.2 Å². The van der Waals surface area contributed by atoms with Crippen LogP contribution in [0, 0.1) is 0 Å². The molecule has 1 aliphatic rings. The van der Waals surface area contributed by atoms with Crippen LogP contribution in [0.15, 0.2) is 53.4 Å². The van der Waals surface area contributed by atoms with E-state index in [0.717, 1.165) is 0 Å². The fraction of sp³-hybridized carbons (Fsp3) is 0.278. The monoisotopic (exact) mass is 412 g/mol. The minimum atomic E-state index is -3.08. The summed E-state index contributed by atoms with van der Waals surface area (Å²) in [5, 5.41) is 5.86. The summed E-state index contributed by atoms with van der Waals surface area (Å²) in [6.07, 6.45) is 0.410. The number of anilines is 2. The fourth-order valence-corrected chi connectivity index (χ4v) is 5.01. The molecule has 0 radical (unpaired) electrons. The average molecular weight is 412 g/mol. The van der Waals surface area contributed by atoms with Crippen LogP contribution in [-0.2, 0) is 9.84 Å². The largest absolute Gasteiger partial charge is 0.355 e. The molecule has 1 heterocycles. The van der Waals surface area contributed by atoms with Gasteiger partial charge in [0.05, 0.1) is 22.8 Å². The molecule has 1 saturated heterocycles. The van der Waals surface area contributed by atoms with Crippen LogP contribution in [0.5, 0.6) is 0 Å². The molecule has 1 fully saturated rings. The lowest BCUT2D eigenvalue weighted by molar-refractivity contribution is 0.0942. The van der Waals surface area contributed by atoms with E-state index in [-0.39, 0.29) is 23.5 Å². The van der Waals surface area contributed by atoms with Gasteiger partial charge < -0.3 is 10.6 Å². The number of alkyl halides is 2. The van der Waals surface area contributed by atoms with Gasteiger partial charge in [0, 0.05) is 16.6 Å². The Morgan fingerprint density at radius 1 is 1.11 bits per heavy atom. The van der Waals surface area contributed by atoms with Crippen molar-refractivity contribution in [3.8, 4) is 0 Å². The van der Waals surface area contributed by atoms with Gasteiger partial charge in [-0.3, -0.25) is 4.79 Å². The summed E-state index contributed by atoms with van der Waals surface area (Å²) in [6, 6.07) is 12.9. The van der Waals surface area contributed by atoms with Crippen LogP contribution in [0.25, 0.3) is 0 Å². The average Bonchev–Trinajstić information content (AvgIpc) is 2.95. The van der Waals surface area contributed by atoms with E-state index in [0.29, 0.717) is 40.0 Å². The molecule has 0 aliphatic carbocycles. The Balaban J connectivity index is 1.71. The fourth-order valence-electron chi connectivity index (χ4n) is 2.84. The molecule has 144 valence electrons. The highest BCUT2D eigenvalue weighted by atomic mass is 32.2. The van der Waals surface area contributed by atoms with E-state index in [1.54, 1.807) is 48.5 Å². The van der Waals surface area contributed by atoms with E-state index in [1.807, 2.05) is 0 Å². The third kappa shape index (κ3) is 5.43. The zero-order chi connectivity index (χ0) is 19.4. The third-order valence-corrected chi connectivity index (χ3v) is 6.59. The lowest BCUT2D eigenvalue weighted by atomic mass is 10.1. The first-order valence-corrected chi connectivity index (χ1v) is 10.9. The van der Waals surface area contributed by atoms with E-state index in [2.05, 4.69) is 10.6 Å². The number of rotatable bonds is 6. The first-order valence-electron chi connectivity index (χ1n) is 8.24. The highest BCUT2D eigenvalue weighted by Crippen LogP contribution is 2.28. The molecule has 2 aromatic carbocycles. The quantitative estimate of drug-likeness (QED) is 0.709. The van der Waals surface area contributed by atoms with Gasteiger partial charge in [0.25, 0.3) is 11.7 Å². The van der Waals surface area contributed by atoms with Crippen molar-refractivity contribution in [2.24, 2.45) is 0 Å². The molecular weight excluding hydrogens is 394 g/mol. The Hall–Kier alpha value is -2.13. The van der Waals surface area contributed by atoms with Crippen LogP contribution >= 0.6 is 11.8 Å². The number of carbonyl (C=O) groups excluding carboxylic acids is 1. The summed E-state index contributed by atoms with van der Waals surface area (Å²) >= 11 is 0.465. The van der Waals surface area contributed by atoms with E-state index in [4.69, 9.17) is 0 Å². The molecule has 0 unspecified atom stereocenters. The number of carbonyl (C=O) groups is 1. The van der Waals surface area contributed by atoms with Crippen LogP contribution in [0.3, 0.4) is 0 Å². The molecule has 0 spiro atoms. The normalized spacial score (nSPS) is 18.4. The number of nitrogens with one attached hydrogen (secondary N) is 2. The van der Waals surface area contributed by atoms with Gasteiger partial charge >= 0.3 is 0 Å². The number of halogens is 2. The number of hydrogen-bond acceptors (Lipinski definition) is 5. The van der Waals surface area contributed by atoms with Gasteiger partial charge in [0.1, 0.15) is 0 Å². The van der Waals surface area contributed by atoms with Crippen molar-refractivity contribution in [3.63, 3.8) is 0 Å². The van der Waals surface area contributed by atoms with Crippen LogP contribution in [0.2, 0.25) is 0 Å². The molecule has 1 atom stereocenters. The van der Waals surface area contributed by atoms with Crippen molar-refractivity contribution in [1.82, 2.24) is 5.32 Å². The maximum atomic E-state index is 12.6. The Morgan fingerprint density at radius 3 is 2.44 bits per heavy atom. The Labute approximate surface area is 160 Å². The molecule has 0 bridgehead atoms. The van der Waals surface area contributed by atoms with E-state index >= 15 is 0 Å². The third-order valence-electron chi connectivity index (χ3n) is 4.10. The molecular formula is C18H18F2N2O3S2. The lowest BCUT2D eigenvalue weighted by Gasteiger charge is -2.15. The zero-order valence-electron chi connectivity index (χ0n) is 14.2. The lowest BCUT2D eigenvalue weighted by Crippen LogP contribution is -2.35. The first-order chi connectivity index (χ1) is 12.8. The van der Waals surface area contributed by atoms with Crippen molar-refractivity contribution < 1.29 is 22.0 Å². The maximum absolute atomic E-state index is 12.6. The van der Waals surface area contributed by atoms with E-state index in [9.17, 15) is 22.0 Å². The molecule has 3 rings (SSSR count). The Kier molecular flexibility index (Phi) is 6.01. The van der Waals surface area contributed by atoms with Gasteiger partial charge in [0.2, 0.25) is 0 Å². The van der Waals surface area contributed by atoms with Gasteiger partial charge in [-0.15, -0.1) is 0 Å². The number of benzene rings is 2. The molecule has 1 aliphatic heterocycles. The predicted octanol–water partition coefficient (Wildman–Crippen LogP) is 3.66. The summed E-state index contributed by atoms with van der Waals surface area (Å²) in [4.78, 5) is 13.0. The molecule has 1 amide bonds. The molecule has 0 saturated carbocycles. The summed E-state index contributed by atoms with van der Waals surface area (Å²) in [7, 11) is -3.08. The molecule has 27 heavy (non-hydrogen) atoms. The minimum absolute atomic E-state index is 0.0440. The minimum Gasteiger partial charge on any atom is -0.355 e. The zero-order valence-corrected chi connectivity index (χ0v) is 15.8. The SMILES string of the molecule is O=C(N[C@@H]1CCS(=O)(=O)C1)c1ccccc1Nc1ccc(SC(F)F)cc1. The van der Waals surface area contributed by atoms with Crippen molar-refractivity contribution in [3.05, 3.63) is 54.1 Å². The summed E-state index contributed by atoms with van der Waals surface area (Å²) < 4.78 is 47.9. The summed E-state index contributed by atoms with van der Waals surface area (Å²) in [5.41, 5.74) is 1.58. The number of para-hydroxylation sites is 1. The highest BCUT2D eigenvalue weighted by molar-refractivity contribution is 7.99. The van der Waals surface area contributed by atoms with Gasteiger partial charge in [-0.25, -0.2) is 8.42 Å². The van der Waals surface area contributed by atoms with Gasteiger partial charge in [-0.2, -0.15) is 8.78 Å². The van der Waals surface area contributed by atoms with Crippen molar-refractivity contribution in [2.45, 2.75) is 23.1 Å². The predicted molar refractivity (Wildman–Crippen MR) is 103 cm³/mol. The molecule has 2 N–H and O–H groups in total. The molecule has 9 heteroatoms. The second kappa shape index (κ2) is 8.26. The molecule has 0 aromatic heterocycles. The topological polar surface area (TPSA) is 75.3 Å². The molecule has 2 aromatic rings. The number of sulfone groups is 1.